The molecule has 9 heteroatoms. The number of amides is 1. The highest BCUT2D eigenvalue weighted by atomic mass is 35.5. The number of nitrogens with one attached hydrogen (secondary N) is 2. The Kier molecular flexibility index (Phi) is 9.41. The Morgan fingerprint density at radius 1 is 1.37 bits per heavy atom. The maximum Gasteiger partial charge on any atom is 0.251 e. The second-order valence-corrected chi connectivity index (χ2v) is 6.19. The summed E-state index contributed by atoms with van der Waals surface area (Å²) >= 11 is 0. The molecule has 1 aromatic heterocycles. The second-order valence-electron chi connectivity index (χ2n) is 6.19. The van der Waals surface area contributed by atoms with Crippen LogP contribution < -0.4 is 20.1 Å². The van der Waals surface area contributed by atoms with E-state index in [4.69, 9.17) is 9.47 Å². The van der Waals surface area contributed by atoms with E-state index in [1.807, 2.05) is 13.2 Å². The van der Waals surface area contributed by atoms with E-state index in [1.54, 1.807) is 36.2 Å². The van der Waals surface area contributed by atoms with E-state index in [-0.39, 0.29) is 36.8 Å². The lowest BCUT2D eigenvalue weighted by Gasteiger charge is -2.24. The van der Waals surface area contributed by atoms with Gasteiger partial charge in [0, 0.05) is 37.0 Å². The lowest BCUT2D eigenvalue weighted by Crippen LogP contribution is -2.45. The Morgan fingerprint density at radius 3 is 2.81 bits per heavy atom. The average molecular weight is 417 g/mol. The van der Waals surface area contributed by atoms with Crippen molar-refractivity contribution in [3.63, 3.8) is 0 Å². The molecule has 0 radical (unpaired) electrons. The summed E-state index contributed by atoms with van der Waals surface area (Å²) in [6.45, 7) is 2.22. The highest BCUT2D eigenvalue weighted by Gasteiger charge is 2.17. The molecule has 2 aromatic rings. The third-order valence-electron chi connectivity index (χ3n) is 4.21. The summed E-state index contributed by atoms with van der Waals surface area (Å²) in [5.41, 5.74) is 1.53. The summed E-state index contributed by atoms with van der Waals surface area (Å²) in [6.07, 6.45) is 5.73. The first-order chi connectivity index (χ1) is 12.2. The van der Waals surface area contributed by atoms with Gasteiger partial charge in [0.1, 0.15) is 6.61 Å². The molecular weight excluding hydrogens is 391 g/mol. The van der Waals surface area contributed by atoms with E-state index < -0.39 is 0 Å². The molecule has 1 amide bonds. The molecule has 0 unspecified atom stereocenters. The monoisotopic (exact) mass is 416 g/mol. The van der Waals surface area contributed by atoms with Crippen molar-refractivity contribution in [1.29, 1.82) is 0 Å². The molecule has 0 saturated carbocycles. The maximum absolute atomic E-state index is 12.4. The van der Waals surface area contributed by atoms with Crippen LogP contribution in [0.25, 0.3) is 0 Å². The molecule has 3 rings (SSSR count). The van der Waals surface area contributed by atoms with Gasteiger partial charge in [-0.15, -0.1) is 24.8 Å². The first-order valence-electron chi connectivity index (χ1n) is 8.45. The molecule has 1 saturated heterocycles. The van der Waals surface area contributed by atoms with Crippen LogP contribution in [0, 0.1) is 0 Å². The van der Waals surface area contributed by atoms with Gasteiger partial charge in [0.25, 0.3) is 5.91 Å². The zero-order valence-corrected chi connectivity index (χ0v) is 17.1. The third kappa shape index (κ3) is 6.30. The quantitative estimate of drug-likeness (QED) is 0.755. The van der Waals surface area contributed by atoms with Gasteiger partial charge < -0.3 is 20.1 Å². The van der Waals surface area contributed by atoms with E-state index >= 15 is 0 Å². The van der Waals surface area contributed by atoms with Crippen LogP contribution in [-0.2, 0) is 13.7 Å². The number of hydrogen-bond donors (Lipinski definition) is 2. The topological polar surface area (TPSA) is 77.4 Å². The second kappa shape index (κ2) is 11.0. The predicted molar refractivity (Wildman–Crippen MR) is 108 cm³/mol. The zero-order valence-electron chi connectivity index (χ0n) is 15.4. The minimum absolute atomic E-state index is 0. The number of hydrogen-bond acceptors (Lipinski definition) is 5. The predicted octanol–water partition coefficient (Wildman–Crippen LogP) is 2.33. The number of carbonyl (C=O) groups is 1. The van der Waals surface area contributed by atoms with Gasteiger partial charge in [0.15, 0.2) is 11.5 Å². The van der Waals surface area contributed by atoms with Gasteiger partial charge in [0.05, 0.1) is 13.3 Å². The highest BCUT2D eigenvalue weighted by Crippen LogP contribution is 2.29. The van der Waals surface area contributed by atoms with Crippen LogP contribution in [0.15, 0.2) is 30.6 Å². The summed E-state index contributed by atoms with van der Waals surface area (Å²) in [5.74, 6) is 1.05. The van der Waals surface area contributed by atoms with Crippen LogP contribution in [0.4, 0.5) is 0 Å². The molecule has 1 atom stereocenters. The summed E-state index contributed by atoms with van der Waals surface area (Å²) in [4.78, 5) is 12.4. The molecule has 7 nitrogen and oxygen atoms in total. The Hall–Kier alpha value is -1.96. The van der Waals surface area contributed by atoms with Crippen molar-refractivity contribution in [3.05, 3.63) is 41.7 Å². The number of aromatic nitrogens is 2. The molecule has 1 fully saturated rings. The summed E-state index contributed by atoms with van der Waals surface area (Å²) in [7, 11) is 3.43. The van der Waals surface area contributed by atoms with Gasteiger partial charge in [-0.25, -0.2) is 0 Å². The van der Waals surface area contributed by atoms with Crippen molar-refractivity contribution in [2.75, 3.05) is 20.2 Å². The first-order valence-corrected chi connectivity index (χ1v) is 8.45. The molecule has 0 spiro atoms. The largest absolute Gasteiger partial charge is 0.493 e. The van der Waals surface area contributed by atoms with Crippen molar-refractivity contribution < 1.29 is 14.3 Å². The van der Waals surface area contributed by atoms with Gasteiger partial charge >= 0.3 is 0 Å². The van der Waals surface area contributed by atoms with Gasteiger partial charge in [-0.05, 0) is 37.6 Å². The van der Waals surface area contributed by atoms with Crippen molar-refractivity contribution in [3.8, 4) is 11.5 Å². The normalized spacial score (nSPS) is 15.9. The number of halogens is 2. The number of carbonyl (C=O) groups excluding carboxylic acids is 1. The van der Waals surface area contributed by atoms with E-state index in [9.17, 15) is 4.79 Å². The lowest BCUT2D eigenvalue weighted by atomic mass is 10.1. The van der Waals surface area contributed by atoms with Crippen LogP contribution in [-0.4, -0.2) is 41.9 Å². The maximum atomic E-state index is 12.4. The van der Waals surface area contributed by atoms with E-state index in [1.165, 1.54) is 0 Å². The van der Waals surface area contributed by atoms with Crippen molar-refractivity contribution >= 4 is 30.7 Å². The van der Waals surface area contributed by atoms with Crippen LogP contribution in [0.3, 0.4) is 0 Å². The number of nitrogens with zero attached hydrogens (tertiary/aromatic N) is 2. The molecule has 2 N–H and O–H groups in total. The van der Waals surface area contributed by atoms with Crippen LogP contribution in [0.5, 0.6) is 11.5 Å². The Bertz CT molecular complexity index is 733. The Morgan fingerprint density at radius 2 is 2.19 bits per heavy atom. The molecule has 1 aliphatic heterocycles. The number of aryl methyl sites for hydroxylation is 1. The first kappa shape index (κ1) is 23.1. The lowest BCUT2D eigenvalue weighted by molar-refractivity contribution is 0.0930. The SMILES string of the molecule is COc1cc(C(=O)N[C@H]2CCCNC2)ccc1OCc1cnn(C)c1.Cl.Cl. The molecular formula is C18H26Cl2N4O3. The minimum Gasteiger partial charge on any atom is -0.493 e. The molecule has 2 heterocycles. The van der Waals surface area contributed by atoms with Gasteiger partial charge in [0.2, 0.25) is 0 Å². The zero-order chi connectivity index (χ0) is 17.6. The molecule has 150 valence electrons. The highest BCUT2D eigenvalue weighted by molar-refractivity contribution is 5.95. The van der Waals surface area contributed by atoms with Crippen LogP contribution in [0.2, 0.25) is 0 Å². The van der Waals surface area contributed by atoms with Crippen molar-refractivity contribution in [1.82, 2.24) is 20.4 Å². The Balaban J connectivity index is 0.00000182. The number of piperidine rings is 1. The number of benzene rings is 1. The number of methoxy groups -OCH3 is 1. The molecule has 0 bridgehead atoms. The van der Waals surface area contributed by atoms with Gasteiger partial charge in [-0.1, -0.05) is 0 Å². The van der Waals surface area contributed by atoms with Gasteiger partial charge in [-0.2, -0.15) is 5.10 Å². The molecule has 1 aliphatic rings. The number of rotatable bonds is 6. The van der Waals surface area contributed by atoms with E-state index in [0.717, 1.165) is 31.5 Å². The average Bonchev–Trinajstić information content (AvgIpc) is 3.06. The van der Waals surface area contributed by atoms with Gasteiger partial charge in [-0.3, -0.25) is 9.48 Å². The minimum atomic E-state index is -0.0918. The van der Waals surface area contributed by atoms with Crippen LogP contribution in [0.1, 0.15) is 28.8 Å². The summed E-state index contributed by atoms with van der Waals surface area (Å²) in [5, 5.41) is 10.5. The Labute approximate surface area is 171 Å². The third-order valence-corrected chi connectivity index (χ3v) is 4.21. The fourth-order valence-electron chi connectivity index (χ4n) is 2.88. The van der Waals surface area contributed by atoms with Crippen molar-refractivity contribution in [2.45, 2.75) is 25.5 Å². The summed E-state index contributed by atoms with van der Waals surface area (Å²) < 4.78 is 12.9. The van der Waals surface area contributed by atoms with Crippen molar-refractivity contribution in [2.24, 2.45) is 7.05 Å². The van der Waals surface area contributed by atoms with Crippen LogP contribution >= 0.6 is 24.8 Å². The number of ether oxygens (including phenoxy) is 2. The van der Waals surface area contributed by atoms with E-state index in [0.29, 0.717) is 23.7 Å². The molecule has 1 aromatic carbocycles. The fraction of sp³-hybridized carbons (Fsp3) is 0.444. The smallest absolute Gasteiger partial charge is 0.251 e. The molecule has 0 aliphatic carbocycles. The fourth-order valence-corrected chi connectivity index (χ4v) is 2.88. The molecule has 27 heavy (non-hydrogen) atoms. The van der Waals surface area contributed by atoms with E-state index in [2.05, 4.69) is 15.7 Å². The standard InChI is InChI=1S/C18H24N4O3.2ClH/c1-22-11-13(9-20-22)12-25-16-6-5-14(8-17(16)24-2)18(23)21-15-4-3-7-19-10-15;;/h5-6,8-9,11,15,19H,3-4,7,10,12H2,1-2H3,(H,21,23);2*1H/t15-;;/m0../s1. The summed E-state index contributed by atoms with van der Waals surface area (Å²) in [6, 6.07) is 5.41.